The second kappa shape index (κ2) is 14.8. The van der Waals surface area contributed by atoms with Gasteiger partial charge in [-0.3, -0.25) is 0 Å². The van der Waals surface area contributed by atoms with Gasteiger partial charge in [0.1, 0.15) is 11.5 Å². The Bertz CT molecular complexity index is 603. The molecule has 0 aliphatic heterocycles. The molecular formula is C24H34Cl2O2. The molecule has 0 bridgehead atoms. The van der Waals surface area contributed by atoms with Gasteiger partial charge in [-0.05, 0) is 60.7 Å². The zero-order valence-electron chi connectivity index (χ0n) is 16.9. The summed E-state index contributed by atoms with van der Waals surface area (Å²) in [6.45, 7) is 1.55. The first-order valence-corrected chi connectivity index (χ1v) is 11.8. The molecule has 0 unspecified atom stereocenters. The second-order valence-electron chi connectivity index (χ2n) is 7.28. The second-order valence-corrected chi connectivity index (χ2v) is 8.04. The van der Waals surface area contributed by atoms with Gasteiger partial charge >= 0.3 is 0 Å². The number of unbranched alkanes of at least 4 members (excludes halogenated alkanes) is 8. The summed E-state index contributed by atoms with van der Waals surface area (Å²) in [4.78, 5) is 0. The number of benzene rings is 2. The van der Waals surface area contributed by atoms with Gasteiger partial charge in [-0.15, -0.1) is 23.2 Å². The lowest BCUT2D eigenvalue weighted by molar-refractivity contribution is 0.304. The molecule has 0 saturated carbocycles. The van der Waals surface area contributed by atoms with Crippen LogP contribution in [0.2, 0.25) is 0 Å². The third-order valence-electron chi connectivity index (χ3n) is 4.88. The van der Waals surface area contributed by atoms with Crippen molar-refractivity contribution >= 4 is 34.0 Å². The van der Waals surface area contributed by atoms with E-state index in [2.05, 4.69) is 36.4 Å². The monoisotopic (exact) mass is 424 g/mol. The predicted molar refractivity (Wildman–Crippen MR) is 123 cm³/mol. The van der Waals surface area contributed by atoms with Crippen LogP contribution in [0.4, 0.5) is 0 Å². The maximum atomic E-state index is 5.91. The summed E-state index contributed by atoms with van der Waals surface area (Å²) in [5.74, 6) is 3.43. The van der Waals surface area contributed by atoms with Gasteiger partial charge in [-0.25, -0.2) is 0 Å². The summed E-state index contributed by atoms with van der Waals surface area (Å²) in [6, 6.07) is 12.6. The molecule has 0 amide bonds. The number of hydrogen-bond acceptors (Lipinski definition) is 2. The number of alkyl halides is 2. The highest BCUT2D eigenvalue weighted by molar-refractivity contribution is 6.18. The Labute approximate surface area is 180 Å². The highest BCUT2D eigenvalue weighted by Gasteiger charge is 2.01. The fourth-order valence-corrected chi connectivity index (χ4v) is 3.59. The summed E-state index contributed by atoms with van der Waals surface area (Å²) in [7, 11) is 0. The van der Waals surface area contributed by atoms with Crippen molar-refractivity contribution in [1.82, 2.24) is 0 Å². The summed E-state index contributed by atoms with van der Waals surface area (Å²) in [6.07, 6.45) is 11.8. The number of ether oxygens (including phenoxy) is 2. The molecule has 0 fully saturated rings. The van der Waals surface area contributed by atoms with Crippen molar-refractivity contribution in [1.29, 1.82) is 0 Å². The van der Waals surface area contributed by atoms with Gasteiger partial charge in [0.05, 0.1) is 13.2 Å². The maximum Gasteiger partial charge on any atom is 0.119 e. The average molecular weight is 425 g/mol. The van der Waals surface area contributed by atoms with E-state index in [1.807, 2.05) is 0 Å². The van der Waals surface area contributed by atoms with Crippen molar-refractivity contribution in [2.45, 2.75) is 64.2 Å². The van der Waals surface area contributed by atoms with Crippen LogP contribution in [0.3, 0.4) is 0 Å². The van der Waals surface area contributed by atoms with E-state index >= 15 is 0 Å². The van der Waals surface area contributed by atoms with Gasteiger partial charge < -0.3 is 9.47 Å². The van der Waals surface area contributed by atoms with Gasteiger partial charge in [-0.1, -0.05) is 50.7 Å². The summed E-state index contributed by atoms with van der Waals surface area (Å²) < 4.78 is 11.8. The molecule has 0 aliphatic rings. The lowest BCUT2D eigenvalue weighted by atomic mass is 10.1. The minimum atomic E-state index is 0.773. The molecule has 0 spiro atoms. The van der Waals surface area contributed by atoms with Crippen LogP contribution >= 0.6 is 23.2 Å². The molecule has 2 aromatic rings. The van der Waals surface area contributed by atoms with Crippen molar-refractivity contribution in [2.75, 3.05) is 25.0 Å². The van der Waals surface area contributed by atoms with Crippen molar-refractivity contribution < 1.29 is 9.47 Å². The Balaban J connectivity index is 1.69. The van der Waals surface area contributed by atoms with Crippen LogP contribution < -0.4 is 9.47 Å². The van der Waals surface area contributed by atoms with Crippen LogP contribution in [0.5, 0.6) is 11.5 Å². The molecule has 4 heteroatoms. The largest absolute Gasteiger partial charge is 0.494 e. The molecule has 2 nitrogen and oxygen atoms in total. The molecule has 0 radical (unpaired) electrons. The minimum Gasteiger partial charge on any atom is -0.494 e. The first kappa shape index (κ1) is 23.2. The molecule has 0 heterocycles. The van der Waals surface area contributed by atoms with Crippen LogP contribution in [-0.4, -0.2) is 25.0 Å². The number of halogens is 2. The molecule has 2 rings (SSSR count). The molecule has 0 atom stereocenters. The number of fused-ring (bicyclic) bond motifs is 1. The van der Waals surface area contributed by atoms with Gasteiger partial charge in [0.15, 0.2) is 0 Å². The van der Waals surface area contributed by atoms with E-state index in [1.165, 1.54) is 49.3 Å². The van der Waals surface area contributed by atoms with Gasteiger partial charge in [-0.2, -0.15) is 0 Å². The van der Waals surface area contributed by atoms with Crippen molar-refractivity contribution in [2.24, 2.45) is 0 Å². The maximum absolute atomic E-state index is 5.91. The molecule has 28 heavy (non-hydrogen) atoms. The standard InChI is InChI=1S/C24H34Cl2O2/c25-15-7-3-1-5-9-17-27-23-13-11-22-20-24(14-12-21(22)19-23)28-18-10-6-2-4-8-16-26/h11-14,19-20H,1-10,15-18H2. The van der Waals surface area contributed by atoms with Crippen LogP contribution in [0.15, 0.2) is 36.4 Å². The Morgan fingerprint density at radius 1 is 0.500 bits per heavy atom. The predicted octanol–water partition coefficient (Wildman–Crippen LogP) is 7.98. The van der Waals surface area contributed by atoms with Gasteiger partial charge in [0, 0.05) is 11.8 Å². The quantitative estimate of drug-likeness (QED) is 0.200. The third-order valence-corrected chi connectivity index (χ3v) is 5.41. The lowest BCUT2D eigenvalue weighted by Crippen LogP contribution is -1.98. The van der Waals surface area contributed by atoms with Crippen LogP contribution in [0.1, 0.15) is 64.2 Å². The third kappa shape index (κ3) is 9.39. The Hall–Kier alpha value is -1.12. The van der Waals surface area contributed by atoms with Crippen molar-refractivity contribution in [3.05, 3.63) is 36.4 Å². The zero-order chi connectivity index (χ0) is 19.9. The topological polar surface area (TPSA) is 18.5 Å². The number of hydrogen-bond donors (Lipinski definition) is 0. The fourth-order valence-electron chi connectivity index (χ4n) is 3.22. The fraction of sp³-hybridized carbons (Fsp3) is 0.583. The van der Waals surface area contributed by atoms with E-state index in [0.717, 1.165) is 62.2 Å². The molecular weight excluding hydrogens is 391 g/mol. The van der Waals surface area contributed by atoms with Gasteiger partial charge in [0.25, 0.3) is 0 Å². The van der Waals surface area contributed by atoms with E-state index in [1.54, 1.807) is 0 Å². The summed E-state index contributed by atoms with van der Waals surface area (Å²) in [5.41, 5.74) is 0. The molecule has 0 aromatic heterocycles. The molecule has 0 aliphatic carbocycles. The molecule has 0 saturated heterocycles. The molecule has 156 valence electrons. The highest BCUT2D eigenvalue weighted by atomic mass is 35.5. The van der Waals surface area contributed by atoms with E-state index in [-0.39, 0.29) is 0 Å². The highest BCUT2D eigenvalue weighted by Crippen LogP contribution is 2.25. The first-order chi connectivity index (χ1) is 13.8. The van der Waals surface area contributed by atoms with E-state index in [9.17, 15) is 0 Å². The van der Waals surface area contributed by atoms with E-state index in [4.69, 9.17) is 32.7 Å². The minimum absolute atomic E-state index is 0.773. The smallest absolute Gasteiger partial charge is 0.119 e. The first-order valence-electron chi connectivity index (χ1n) is 10.7. The zero-order valence-corrected chi connectivity index (χ0v) is 18.4. The lowest BCUT2D eigenvalue weighted by Gasteiger charge is -2.10. The number of rotatable bonds is 16. The molecule has 2 aromatic carbocycles. The van der Waals surface area contributed by atoms with E-state index in [0.29, 0.717) is 0 Å². The average Bonchev–Trinajstić information content (AvgIpc) is 2.72. The Kier molecular flexibility index (Phi) is 12.3. The molecule has 0 N–H and O–H groups in total. The Morgan fingerprint density at radius 2 is 0.893 bits per heavy atom. The normalized spacial score (nSPS) is 11.1. The Morgan fingerprint density at radius 3 is 1.32 bits per heavy atom. The SMILES string of the molecule is ClCCCCCCCOc1ccc2cc(OCCCCCCCCl)ccc2c1. The van der Waals surface area contributed by atoms with Crippen molar-refractivity contribution in [3.63, 3.8) is 0 Å². The van der Waals surface area contributed by atoms with Crippen molar-refractivity contribution in [3.8, 4) is 11.5 Å². The van der Waals surface area contributed by atoms with Gasteiger partial charge in [0.2, 0.25) is 0 Å². The van der Waals surface area contributed by atoms with Crippen LogP contribution in [0.25, 0.3) is 10.8 Å². The summed E-state index contributed by atoms with van der Waals surface area (Å²) in [5, 5.41) is 2.38. The summed E-state index contributed by atoms with van der Waals surface area (Å²) >= 11 is 11.4. The van der Waals surface area contributed by atoms with E-state index < -0.39 is 0 Å². The van der Waals surface area contributed by atoms with Crippen LogP contribution in [0, 0.1) is 0 Å². The van der Waals surface area contributed by atoms with Crippen LogP contribution in [-0.2, 0) is 0 Å².